The van der Waals surface area contributed by atoms with E-state index >= 15 is 0 Å². The zero-order valence-corrected chi connectivity index (χ0v) is 9.13. The lowest BCUT2D eigenvalue weighted by atomic mass is 10.0. The first-order chi connectivity index (χ1) is 6.16. The molecule has 13 heavy (non-hydrogen) atoms. The summed E-state index contributed by atoms with van der Waals surface area (Å²) in [4.78, 5) is 0. The second-order valence-corrected chi connectivity index (χ2v) is 4.26. The highest BCUT2D eigenvalue weighted by Crippen LogP contribution is 2.11. The smallest absolute Gasteiger partial charge is 0.0540 e. The van der Waals surface area contributed by atoms with E-state index < -0.39 is 0 Å². The van der Waals surface area contributed by atoms with Crippen LogP contribution in [0.2, 0.25) is 0 Å². The normalized spacial score (nSPS) is 13.6. The van der Waals surface area contributed by atoms with Gasteiger partial charge < -0.3 is 10.8 Å². The van der Waals surface area contributed by atoms with Gasteiger partial charge >= 0.3 is 0 Å². The van der Waals surface area contributed by atoms with Gasteiger partial charge in [-0.3, -0.25) is 0 Å². The molecule has 0 aromatic carbocycles. The lowest BCUT2D eigenvalue weighted by Gasteiger charge is -2.10. The highest BCUT2D eigenvalue weighted by atomic mass is 16.3. The monoisotopic (exact) mass is 187 g/mol. The molecule has 0 aliphatic heterocycles. The van der Waals surface area contributed by atoms with E-state index in [4.69, 9.17) is 5.73 Å². The lowest BCUT2D eigenvalue weighted by molar-refractivity contribution is 0.146. The highest BCUT2D eigenvalue weighted by Gasteiger charge is 2.03. The predicted molar refractivity (Wildman–Crippen MR) is 57.6 cm³/mol. The van der Waals surface area contributed by atoms with Crippen LogP contribution >= 0.6 is 0 Å². The second-order valence-electron chi connectivity index (χ2n) is 4.26. The molecular weight excluding hydrogens is 162 g/mol. The topological polar surface area (TPSA) is 46.2 Å². The molecule has 3 N–H and O–H groups in total. The third-order valence-electron chi connectivity index (χ3n) is 2.31. The number of nitrogens with two attached hydrogens (primary N) is 1. The maximum atomic E-state index is 9.55. The summed E-state index contributed by atoms with van der Waals surface area (Å²) in [5.74, 6) is 0.760. The van der Waals surface area contributed by atoms with Crippen LogP contribution in [-0.4, -0.2) is 17.8 Å². The molecule has 2 nitrogen and oxygen atoms in total. The molecule has 0 saturated heterocycles. The van der Waals surface area contributed by atoms with Crippen LogP contribution in [0, 0.1) is 5.92 Å². The predicted octanol–water partition coefficient (Wildman–Crippen LogP) is 2.30. The SMILES string of the molecule is CC(C)CCCC(O)CCCCN. The Morgan fingerprint density at radius 3 is 2.15 bits per heavy atom. The molecule has 1 atom stereocenters. The largest absolute Gasteiger partial charge is 0.393 e. The Morgan fingerprint density at radius 1 is 1.00 bits per heavy atom. The fourth-order valence-corrected chi connectivity index (χ4v) is 1.43. The fourth-order valence-electron chi connectivity index (χ4n) is 1.43. The van der Waals surface area contributed by atoms with E-state index in [-0.39, 0.29) is 6.10 Å². The maximum Gasteiger partial charge on any atom is 0.0540 e. The van der Waals surface area contributed by atoms with Gasteiger partial charge in [-0.25, -0.2) is 0 Å². The van der Waals surface area contributed by atoms with Gasteiger partial charge in [-0.15, -0.1) is 0 Å². The summed E-state index contributed by atoms with van der Waals surface area (Å²) in [6.45, 7) is 5.19. The summed E-state index contributed by atoms with van der Waals surface area (Å²) in [6.07, 6.45) is 6.29. The minimum absolute atomic E-state index is 0.0923. The third-order valence-corrected chi connectivity index (χ3v) is 2.31. The van der Waals surface area contributed by atoms with Crippen molar-refractivity contribution in [2.75, 3.05) is 6.54 Å². The molecule has 0 aliphatic carbocycles. The van der Waals surface area contributed by atoms with Crippen LogP contribution in [0.1, 0.15) is 52.4 Å². The molecule has 0 spiro atoms. The standard InChI is InChI=1S/C11H25NO/c1-10(2)6-5-8-11(13)7-3-4-9-12/h10-11,13H,3-9,12H2,1-2H3. The van der Waals surface area contributed by atoms with Gasteiger partial charge in [-0.2, -0.15) is 0 Å². The second kappa shape index (κ2) is 8.52. The van der Waals surface area contributed by atoms with Crippen molar-refractivity contribution < 1.29 is 5.11 Å². The van der Waals surface area contributed by atoms with E-state index in [0.717, 1.165) is 44.6 Å². The summed E-state index contributed by atoms with van der Waals surface area (Å²) in [6, 6.07) is 0. The summed E-state index contributed by atoms with van der Waals surface area (Å²) >= 11 is 0. The van der Waals surface area contributed by atoms with Crippen LogP contribution in [-0.2, 0) is 0 Å². The quantitative estimate of drug-likeness (QED) is 0.573. The van der Waals surface area contributed by atoms with Gasteiger partial charge in [0, 0.05) is 0 Å². The average molecular weight is 187 g/mol. The number of aliphatic hydroxyl groups excluding tert-OH is 1. The van der Waals surface area contributed by atoms with Gasteiger partial charge in [0.05, 0.1) is 6.10 Å². The first kappa shape index (κ1) is 12.9. The fraction of sp³-hybridized carbons (Fsp3) is 1.00. The Kier molecular flexibility index (Phi) is 8.46. The Balaban J connectivity index is 3.15. The van der Waals surface area contributed by atoms with E-state index in [9.17, 15) is 5.11 Å². The van der Waals surface area contributed by atoms with Gasteiger partial charge in [0.2, 0.25) is 0 Å². The number of rotatable bonds is 8. The Bertz CT molecular complexity index is 104. The highest BCUT2D eigenvalue weighted by molar-refractivity contribution is 4.57. The molecule has 1 unspecified atom stereocenters. The minimum atomic E-state index is -0.0923. The molecule has 0 radical (unpaired) electrons. The molecule has 0 aromatic heterocycles. The lowest BCUT2D eigenvalue weighted by Crippen LogP contribution is -2.08. The number of hydrogen-bond acceptors (Lipinski definition) is 2. The zero-order chi connectivity index (χ0) is 10.1. The van der Waals surface area contributed by atoms with Gasteiger partial charge in [-0.05, 0) is 38.1 Å². The molecule has 2 heteroatoms. The van der Waals surface area contributed by atoms with Crippen LogP contribution < -0.4 is 5.73 Å². The van der Waals surface area contributed by atoms with Crippen molar-refractivity contribution >= 4 is 0 Å². The summed E-state index contributed by atoms with van der Waals surface area (Å²) < 4.78 is 0. The van der Waals surface area contributed by atoms with Crippen molar-refractivity contribution in [1.29, 1.82) is 0 Å². The average Bonchev–Trinajstić information content (AvgIpc) is 2.04. The van der Waals surface area contributed by atoms with Gasteiger partial charge in [0.15, 0.2) is 0 Å². The summed E-state index contributed by atoms with van der Waals surface area (Å²) in [5, 5.41) is 9.55. The molecular formula is C11H25NO. The number of unbranched alkanes of at least 4 members (excludes halogenated alkanes) is 1. The molecule has 0 saturated carbocycles. The maximum absolute atomic E-state index is 9.55. The molecule has 0 rings (SSSR count). The van der Waals surface area contributed by atoms with E-state index in [1.807, 2.05) is 0 Å². The Labute approximate surface area is 82.5 Å². The van der Waals surface area contributed by atoms with E-state index in [0.29, 0.717) is 0 Å². The molecule has 0 aromatic rings. The van der Waals surface area contributed by atoms with Crippen molar-refractivity contribution in [3.63, 3.8) is 0 Å². The van der Waals surface area contributed by atoms with Crippen molar-refractivity contribution in [2.24, 2.45) is 11.7 Å². The van der Waals surface area contributed by atoms with E-state index in [2.05, 4.69) is 13.8 Å². The molecule has 0 fully saturated rings. The first-order valence-electron chi connectivity index (χ1n) is 5.55. The van der Waals surface area contributed by atoms with Crippen LogP contribution in [0.5, 0.6) is 0 Å². The number of aliphatic hydroxyl groups is 1. The van der Waals surface area contributed by atoms with Gasteiger partial charge in [-0.1, -0.05) is 26.7 Å². The Hall–Kier alpha value is -0.0800. The van der Waals surface area contributed by atoms with E-state index in [1.165, 1.54) is 6.42 Å². The first-order valence-corrected chi connectivity index (χ1v) is 5.55. The molecule has 80 valence electrons. The molecule has 0 aliphatic rings. The summed E-state index contributed by atoms with van der Waals surface area (Å²) in [7, 11) is 0. The van der Waals surface area contributed by atoms with Crippen LogP contribution in [0.25, 0.3) is 0 Å². The van der Waals surface area contributed by atoms with Gasteiger partial charge in [0.25, 0.3) is 0 Å². The van der Waals surface area contributed by atoms with Gasteiger partial charge in [0.1, 0.15) is 0 Å². The molecule has 0 bridgehead atoms. The third kappa shape index (κ3) is 9.84. The van der Waals surface area contributed by atoms with Crippen molar-refractivity contribution in [2.45, 2.75) is 58.5 Å². The van der Waals surface area contributed by atoms with Crippen LogP contribution in [0.3, 0.4) is 0 Å². The van der Waals surface area contributed by atoms with Crippen molar-refractivity contribution in [3.8, 4) is 0 Å². The molecule has 0 heterocycles. The minimum Gasteiger partial charge on any atom is -0.393 e. The van der Waals surface area contributed by atoms with E-state index in [1.54, 1.807) is 0 Å². The number of hydrogen-bond donors (Lipinski definition) is 2. The van der Waals surface area contributed by atoms with Crippen molar-refractivity contribution in [3.05, 3.63) is 0 Å². The van der Waals surface area contributed by atoms with Crippen LogP contribution in [0.15, 0.2) is 0 Å². The zero-order valence-electron chi connectivity index (χ0n) is 9.13. The van der Waals surface area contributed by atoms with Crippen molar-refractivity contribution in [1.82, 2.24) is 0 Å². The summed E-state index contributed by atoms with van der Waals surface area (Å²) in [5.41, 5.74) is 5.37. The Morgan fingerprint density at radius 2 is 1.62 bits per heavy atom. The van der Waals surface area contributed by atoms with Crippen LogP contribution in [0.4, 0.5) is 0 Å². The molecule has 0 amide bonds.